The quantitative estimate of drug-likeness (QED) is 0.844. The van der Waals surface area contributed by atoms with Crippen LogP contribution >= 0.6 is 11.3 Å². The number of nitrogens with zero attached hydrogens (tertiary/aromatic N) is 2. The summed E-state index contributed by atoms with van der Waals surface area (Å²) in [5.41, 5.74) is 2.81. The van der Waals surface area contributed by atoms with Gasteiger partial charge in [0.15, 0.2) is 0 Å². The highest BCUT2D eigenvalue weighted by Gasteiger charge is 2.21. The molecule has 1 aliphatic rings. The summed E-state index contributed by atoms with van der Waals surface area (Å²) in [6.45, 7) is 1.58. The number of benzene rings is 1. The lowest BCUT2D eigenvalue weighted by molar-refractivity contribution is -0.128. The first-order valence-electron chi connectivity index (χ1n) is 8.31. The van der Waals surface area contributed by atoms with Gasteiger partial charge in [-0.3, -0.25) is 9.59 Å². The molecule has 0 fully saturated rings. The molecule has 5 nitrogen and oxygen atoms in total. The molecule has 0 N–H and O–H groups in total. The van der Waals surface area contributed by atoms with Crippen LogP contribution in [-0.2, 0) is 17.8 Å². The van der Waals surface area contributed by atoms with Gasteiger partial charge < -0.3 is 14.5 Å². The molecule has 1 aromatic heterocycles. The van der Waals surface area contributed by atoms with Gasteiger partial charge in [-0.05, 0) is 29.5 Å². The van der Waals surface area contributed by atoms with Gasteiger partial charge in [-0.15, -0.1) is 0 Å². The monoisotopic (exact) mass is 358 g/mol. The first-order valence-corrected chi connectivity index (χ1v) is 9.25. The minimum absolute atomic E-state index is 0.0332. The van der Waals surface area contributed by atoms with Crippen molar-refractivity contribution in [3.63, 3.8) is 0 Å². The number of thiophene rings is 1. The third kappa shape index (κ3) is 4.20. The van der Waals surface area contributed by atoms with Crippen molar-refractivity contribution in [1.82, 2.24) is 9.80 Å². The number of fused-ring (bicyclic) bond motifs is 1. The molecule has 132 valence electrons. The second kappa shape index (κ2) is 7.70. The van der Waals surface area contributed by atoms with Gasteiger partial charge in [0.2, 0.25) is 5.91 Å². The second-order valence-electron chi connectivity index (χ2n) is 6.32. The number of rotatable bonds is 4. The van der Waals surface area contributed by atoms with Gasteiger partial charge in [0.05, 0.1) is 12.1 Å². The van der Waals surface area contributed by atoms with E-state index >= 15 is 0 Å². The molecular weight excluding hydrogens is 336 g/mol. The largest absolute Gasteiger partial charge is 0.491 e. The summed E-state index contributed by atoms with van der Waals surface area (Å²) in [6.07, 6.45) is 1.16. The Morgan fingerprint density at radius 2 is 2.12 bits per heavy atom. The van der Waals surface area contributed by atoms with Crippen LogP contribution in [0.15, 0.2) is 35.0 Å². The van der Waals surface area contributed by atoms with E-state index in [0.717, 1.165) is 22.4 Å². The molecule has 25 heavy (non-hydrogen) atoms. The smallest absolute Gasteiger partial charge is 0.255 e. The fourth-order valence-corrected chi connectivity index (χ4v) is 3.45. The fourth-order valence-electron chi connectivity index (χ4n) is 2.82. The van der Waals surface area contributed by atoms with Crippen molar-refractivity contribution in [3.05, 3.63) is 51.7 Å². The lowest BCUT2D eigenvalue weighted by Crippen LogP contribution is -2.32. The van der Waals surface area contributed by atoms with Gasteiger partial charge in [-0.2, -0.15) is 11.3 Å². The molecule has 2 heterocycles. The second-order valence-corrected chi connectivity index (χ2v) is 7.10. The molecule has 1 aromatic carbocycles. The zero-order chi connectivity index (χ0) is 17.8. The molecule has 0 saturated carbocycles. The highest BCUT2D eigenvalue weighted by molar-refractivity contribution is 7.08. The first kappa shape index (κ1) is 17.5. The van der Waals surface area contributed by atoms with E-state index in [0.29, 0.717) is 32.5 Å². The van der Waals surface area contributed by atoms with E-state index in [4.69, 9.17) is 4.74 Å². The fraction of sp³-hybridized carbons (Fsp3) is 0.368. The average Bonchev–Trinajstić information content (AvgIpc) is 3.05. The number of hydrogen-bond acceptors (Lipinski definition) is 4. The molecule has 0 unspecified atom stereocenters. The van der Waals surface area contributed by atoms with Crippen molar-refractivity contribution < 1.29 is 14.3 Å². The van der Waals surface area contributed by atoms with Gasteiger partial charge in [-0.1, -0.05) is 12.1 Å². The summed E-state index contributed by atoms with van der Waals surface area (Å²) in [6, 6.07) is 7.85. The molecule has 0 atom stereocenters. The first-order chi connectivity index (χ1) is 12.0. The Balaban J connectivity index is 1.74. The number of carbonyl (C=O) groups is 2. The molecule has 2 amide bonds. The van der Waals surface area contributed by atoms with Gasteiger partial charge in [0.1, 0.15) is 12.4 Å². The molecular formula is C19H22N2O3S. The van der Waals surface area contributed by atoms with Crippen LogP contribution in [0.3, 0.4) is 0 Å². The summed E-state index contributed by atoms with van der Waals surface area (Å²) < 4.78 is 5.80. The summed E-state index contributed by atoms with van der Waals surface area (Å²) in [4.78, 5) is 27.8. The molecule has 0 aliphatic carbocycles. The van der Waals surface area contributed by atoms with Crippen molar-refractivity contribution in [2.24, 2.45) is 0 Å². The predicted molar refractivity (Wildman–Crippen MR) is 98.0 cm³/mol. The predicted octanol–water partition coefficient (Wildman–Crippen LogP) is 2.80. The zero-order valence-corrected chi connectivity index (χ0v) is 15.3. The van der Waals surface area contributed by atoms with Gasteiger partial charge >= 0.3 is 0 Å². The molecule has 0 spiro atoms. The summed E-state index contributed by atoms with van der Waals surface area (Å²) in [5.74, 6) is 0.967. The Bertz CT molecular complexity index is 756. The normalized spacial score (nSPS) is 13.6. The average molecular weight is 358 g/mol. The Hall–Kier alpha value is -2.34. The topological polar surface area (TPSA) is 49.9 Å². The van der Waals surface area contributed by atoms with E-state index < -0.39 is 0 Å². The Morgan fingerprint density at radius 1 is 1.28 bits per heavy atom. The van der Waals surface area contributed by atoms with Crippen LogP contribution < -0.4 is 4.74 Å². The minimum atomic E-state index is 0.0332. The van der Waals surface area contributed by atoms with E-state index in [-0.39, 0.29) is 11.8 Å². The number of hydrogen-bond donors (Lipinski definition) is 0. The molecule has 3 rings (SSSR count). The van der Waals surface area contributed by atoms with E-state index in [1.54, 1.807) is 19.0 Å². The lowest BCUT2D eigenvalue weighted by Gasteiger charge is -2.19. The Morgan fingerprint density at radius 3 is 2.84 bits per heavy atom. The molecule has 6 heteroatoms. The maximum Gasteiger partial charge on any atom is 0.255 e. The van der Waals surface area contributed by atoms with Crippen molar-refractivity contribution in [2.45, 2.75) is 19.4 Å². The van der Waals surface area contributed by atoms with Crippen molar-refractivity contribution in [1.29, 1.82) is 0 Å². The molecule has 0 bridgehead atoms. The molecule has 2 aromatic rings. The van der Waals surface area contributed by atoms with Crippen LogP contribution in [0, 0.1) is 0 Å². The maximum absolute atomic E-state index is 12.6. The molecule has 0 radical (unpaired) electrons. The Kier molecular flexibility index (Phi) is 5.38. The van der Waals surface area contributed by atoms with Crippen LogP contribution in [0.4, 0.5) is 0 Å². The summed E-state index contributed by atoms with van der Waals surface area (Å²) >= 11 is 1.52. The van der Waals surface area contributed by atoms with Gasteiger partial charge in [-0.25, -0.2) is 0 Å². The highest BCUT2D eigenvalue weighted by Crippen LogP contribution is 2.26. The van der Waals surface area contributed by atoms with Crippen LogP contribution in [0.1, 0.15) is 27.9 Å². The SMILES string of the molecule is CN(C)C(=O)CCc1ccc2c(c1)CN(C(=O)c1ccsc1)CCO2. The Labute approximate surface area is 151 Å². The van der Waals surface area contributed by atoms with Crippen LogP contribution in [-0.4, -0.2) is 48.9 Å². The number of amides is 2. The molecule has 0 saturated heterocycles. The van der Waals surface area contributed by atoms with E-state index in [1.807, 2.05) is 33.9 Å². The number of aryl methyl sites for hydroxylation is 1. The zero-order valence-electron chi connectivity index (χ0n) is 14.5. The van der Waals surface area contributed by atoms with Gasteiger partial charge in [0.25, 0.3) is 5.91 Å². The summed E-state index contributed by atoms with van der Waals surface area (Å²) in [5, 5.41) is 3.79. The van der Waals surface area contributed by atoms with Crippen LogP contribution in [0.25, 0.3) is 0 Å². The van der Waals surface area contributed by atoms with Crippen molar-refractivity contribution in [3.8, 4) is 5.75 Å². The lowest BCUT2D eigenvalue weighted by atomic mass is 10.0. The third-order valence-electron chi connectivity index (χ3n) is 4.29. The highest BCUT2D eigenvalue weighted by atomic mass is 32.1. The minimum Gasteiger partial charge on any atom is -0.491 e. The van der Waals surface area contributed by atoms with E-state index in [9.17, 15) is 9.59 Å². The van der Waals surface area contributed by atoms with Crippen molar-refractivity contribution in [2.75, 3.05) is 27.2 Å². The third-order valence-corrected chi connectivity index (χ3v) is 4.97. The van der Waals surface area contributed by atoms with E-state index in [1.165, 1.54) is 11.3 Å². The van der Waals surface area contributed by atoms with Crippen molar-refractivity contribution >= 4 is 23.2 Å². The standard InChI is InChI=1S/C19H22N2O3S/c1-20(2)18(22)6-4-14-3-5-17-16(11-14)12-21(8-9-24-17)19(23)15-7-10-25-13-15/h3,5,7,10-11,13H,4,6,8-9,12H2,1-2H3. The molecule has 1 aliphatic heterocycles. The maximum atomic E-state index is 12.6. The van der Waals surface area contributed by atoms with Gasteiger partial charge in [0, 0.05) is 38.0 Å². The van der Waals surface area contributed by atoms with Crippen LogP contribution in [0.5, 0.6) is 5.75 Å². The van der Waals surface area contributed by atoms with E-state index in [2.05, 4.69) is 6.07 Å². The number of ether oxygens (including phenoxy) is 1. The van der Waals surface area contributed by atoms with Crippen LogP contribution in [0.2, 0.25) is 0 Å². The number of carbonyl (C=O) groups excluding carboxylic acids is 2. The summed E-state index contributed by atoms with van der Waals surface area (Å²) in [7, 11) is 3.53.